The highest BCUT2D eigenvalue weighted by Crippen LogP contribution is 2.30. The highest BCUT2D eigenvalue weighted by atomic mass is 32.1. The summed E-state index contributed by atoms with van der Waals surface area (Å²) in [5, 5.41) is 2.13. The quantitative estimate of drug-likeness (QED) is 0.610. The lowest BCUT2D eigenvalue weighted by molar-refractivity contribution is 0.334. The Bertz CT molecular complexity index is 299. The van der Waals surface area contributed by atoms with Gasteiger partial charge in [0.15, 0.2) is 0 Å². The molecule has 1 aromatic rings. The lowest BCUT2D eigenvalue weighted by atomic mass is 9.88. The monoisotopic (exact) mass is 226 g/mol. The van der Waals surface area contributed by atoms with E-state index in [9.17, 15) is 0 Å². The predicted octanol–water partition coefficient (Wildman–Crippen LogP) is 3.39. The van der Waals surface area contributed by atoms with Gasteiger partial charge in [-0.15, -0.1) is 11.3 Å². The highest BCUT2D eigenvalue weighted by molar-refractivity contribution is 7.10. The van der Waals surface area contributed by atoms with Gasteiger partial charge in [-0.05, 0) is 42.2 Å². The molecule has 0 saturated carbocycles. The third-order valence-electron chi connectivity index (χ3n) is 2.60. The predicted molar refractivity (Wildman–Crippen MR) is 67.8 cm³/mol. The Kier molecular flexibility index (Phi) is 4.32. The van der Waals surface area contributed by atoms with Crippen LogP contribution in [-0.4, -0.2) is 0 Å². The van der Waals surface area contributed by atoms with Crippen LogP contribution < -0.4 is 11.3 Å². The Morgan fingerprint density at radius 3 is 2.53 bits per heavy atom. The van der Waals surface area contributed by atoms with E-state index in [2.05, 4.69) is 44.6 Å². The van der Waals surface area contributed by atoms with Gasteiger partial charge in [0.1, 0.15) is 0 Å². The Morgan fingerprint density at radius 2 is 2.13 bits per heavy atom. The largest absolute Gasteiger partial charge is 0.271 e. The first-order valence-electron chi connectivity index (χ1n) is 5.44. The first kappa shape index (κ1) is 12.7. The SMILES string of the molecule is Cc1ccsc1C(CCC(C)(C)C)NN. The Morgan fingerprint density at radius 1 is 1.47 bits per heavy atom. The molecule has 1 unspecified atom stereocenters. The summed E-state index contributed by atoms with van der Waals surface area (Å²) in [7, 11) is 0. The average molecular weight is 226 g/mol. The van der Waals surface area contributed by atoms with E-state index in [-0.39, 0.29) is 0 Å². The second-order valence-corrected chi connectivity index (χ2v) is 6.23. The maximum atomic E-state index is 5.62. The summed E-state index contributed by atoms with van der Waals surface area (Å²) in [4.78, 5) is 1.38. The number of nitrogens with one attached hydrogen (secondary N) is 1. The molecule has 0 aromatic carbocycles. The smallest absolute Gasteiger partial charge is 0.0556 e. The zero-order chi connectivity index (χ0) is 11.5. The standard InChI is InChI=1S/C12H22N2S/c1-9-6-8-15-11(9)10(14-13)5-7-12(2,3)4/h6,8,10,14H,5,7,13H2,1-4H3. The van der Waals surface area contributed by atoms with Crippen LogP contribution in [0.2, 0.25) is 0 Å². The van der Waals surface area contributed by atoms with Gasteiger partial charge in [-0.3, -0.25) is 11.3 Å². The van der Waals surface area contributed by atoms with Gasteiger partial charge in [0.25, 0.3) is 0 Å². The molecule has 0 amide bonds. The van der Waals surface area contributed by atoms with Gasteiger partial charge < -0.3 is 0 Å². The summed E-state index contributed by atoms with van der Waals surface area (Å²) >= 11 is 1.79. The van der Waals surface area contributed by atoms with Crippen molar-refractivity contribution in [3.8, 4) is 0 Å². The summed E-state index contributed by atoms with van der Waals surface area (Å²) in [5.41, 5.74) is 4.65. The summed E-state index contributed by atoms with van der Waals surface area (Å²) in [6, 6.07) is 2.46. The van der Waals surface area contributed by atoms with E-state index in [0.717, 1.165) is 6.42 Å². The Balaban J connectivity index is 2.61. The fourth-order valence-corrected chi connectivity index (χ4v) is 2.63. The van der Waals surface area contributed by atoms with Crippen LogP contribution in [0.25, 0.3) is 0 Å². The van der Waals surface area contributed by atoms with Crippen LogP contribution in [0.4, 0.5) is 0 Å². The molecule has 1 rings (SSSR count). The molecule has 1 heterocycles. The third kappa shape index (κ3) is 3.93. The minimum Gasteiger partial charge on any atom is -0.271 e. The maximum absolute atomic E-state index is 5.62. The number of nitrogens with two attached hydrogens (primary N) is 1. The number of thiophene rings is 1. The number of hydrazine groups is 1. The highest BCUT2D eigenvalue weighted by Gasteiger charge is 2.17. The van der Waals surface area contributed by atoms with Crippen LogP contribution in [0.15, 0.2) is 11.4 Å². The van der Waals surface area contributed by atoms with E-state index < -0.39 is 0 Å². The number of rotatable bonds is 4. The molecule has 0 radical (unpaired) electrons. The number of hydrogen-bond donors (Lipinski definition) is 2. The summed E-state index contributed by atoms with van der Waals surface area (Å²) < 4.78 is 0. The van der Waals surface area contributed by atoms with Crippen molar-refractivity contribution in [3.05, 3.63) is 21.9 Å². The zero-order valence-corrected chi connectivity index (χ0v) is 10.9. The third-order valence-corrected chi connectivity index (χ3v) is 3.73. The molecule has 0 saturated heterocycles. The van der Waals surface area contributed by atoms with Crippen molar-refractivity contribution in [1.29, 1.82) is 0 Å². The van der Waals surface area contributed by atoms with Gasteiger partial charge >= 0.3 is 0 Å². The molecule has 0 aliphatic rings. The van der Waals surface area contributed by atoms with Gasteiger partial charge in [-0.25, -0.2) is 0 Å². The first-order chi connectivity index (χ1) is 6.94. The minimum atomic E-state index is 0.309. The van der Waals surface area contributed by atoms with Gasteiger partial charge in [0.2, 0.25) is 0 Å². The van der Waals surface area contributed by atoms with Crippen LogP contribution in [0, 0.1) is 12.3 Å². The van der Waals surface area contributed by atoms with Crippen molar-refractivity contribution in [2.24, 2.45) is 11.3 Å². The molecule has 86 valence electrons. The average Bonchev–Trinajstić information content (AvgIpc) is 2.52. The molecule has 15 heavy (non-hydrogen) atoms. The Labute approximate surface area is 96.9 Å². The van der Waals surface area contributed by atoms with E-state index in [0.29, 0.717) is 11.5 Å². The van der Waals surface area contributed by atoms with Crippen LogP contribution in [0.3, 0.4) is 0 Å². The topological polar surface area (TPSA) is 38.0 Å². The van der Waals surface area contributed by atoms with Crippen LogP contribution in [0.5, 0.6) is 0 Å². The molecule has 0 fully saturated rings. The Hall–Kier alpha value is -0.380. The zero-order valence-electron chi connectivity index (χ0n) is 10.1. The molecule has 0 spiro atoms. The number of hydrogen-bond acceptors (Lipinski definition) is 3. The molecule has 3 heteroatoms. The summed E-state index contributed by atoms with van der Waals surface area (Å²) in [6.07, 6.45) is 2.28. The van der Waals surface area contributed by atoms with Crippen molar-refractivity contribution >= 4 is 11.3 Å². The maximum Gasteiger partial charge on any atom is 0.0556 e. The molecule has 2 nitrogen and oxygen atoms in total. The summed E-state index contributed by atoms with van der Waals surface area (Å²) in [5.74, 6) is 5.62. The van der Waals surface area contributed by atoms with Crippen LogP contribution in [-0.2, 0) is 0 Å². The molecule has 0 aliphatic carbocycles. The normalized spacial score (nSPS) is 14.2. The van der Waals surface area contributed by atoms with Gasteiger partial charge in [0, 0.05) is 4.88 Å². The lowest BCUT2D eigenvalue weighted by Gasteiger charge is -2.22. The van der Waals surface area contributed by atoms with Gasteiger partial charge in [-0.2, -0.15) is 0 Å². The lowest BCUT2D eigenvalue weighted by Crippen LogP contribution is -2.28. The van der Waals surface area contributed by atoms with Crippen molar-refractivity contribution in [3.63, 3.8) is 0 Å². The van der Waals surface area contributed by atoms with E-state index in [4.69, 9.17) is 5.84 Å². The van der Waals surface area contributed by atoms with Crippen molar-refractivity contribution < 1.29 is 0 Å². The van der Waals surface area contributed by atoms with Gasteiger partial charge in [-0.1, -0.05) is 20.8 Å². The molecular weight excluding hydrogens is 204 g/mol. The second-order valence-electron chi connectivity index (χ2n) is 5.29. The van der Waals surface area contributed by atoms with Crippen LogP contribution in [0.1, 0.15) is 50.1 Å². The number of aryl methyl sites for hydroxylation is 1. The van der Waals surface area contributed by atoms with Crippen molar-refractivity contribution in [1.82, 2.24) is 5.43 Å². The van der Waals surface area contributed by atoms with E-state index in [1.807, 2.05) is 0 Å². The van der Waals surface area contributed by atoms with Crippen LogP contribution >= 0.6 is 11.3 Å². The molecular formula is C12H22N2S. The second kappa shape index (κ2) is 5.10. The molecule has 1 aromatic heterocycles. The van der Waals surface area contributed by atoms with Gasteiger partial charge in [0.05, 0.1) is 6.04 Å². The van der Waals surface area contributed by atoms with E-state index >= 15 is 0 Å². The first-order valence-corrected chi connectivity index (χ1v) is 6.32. The van der Waals surface area contributed by atoms with E-state index in [1.54, 1.807) is 11.3 Å². The van der Waals surface area contributed by atoms with E-state index in [1.165, 1.54) is 16.9 Å². The van der Waals surface area contributed by atoms with Crippen molar-refractivity contribution in [2.75, 3.05) is 0 Å². The molecule has 3 N–H and O–H groups in total. The molecule has 0 bridgehead atoms. The fourth-order valence-electron chi connectivity index (χ4n) is 1.61. The minimum absolute atomic E-state index is 0.309. The molecule has 1 atom stereocenters. The summed E-state index contributed by atoms with van der Waals surface area (Å²) in [6.45, 7) is 8.94. The molecule has 0 aliphatic heterocycles. The fraction of sp³-hybridized carbons (Fsp3) is 0.667. The van der Waals surface area contributed by atoms with Crippen molar-refractivity contribution in [2.45, 2.75) is 46.6 Å².